The number of carbonyl (C=O) groups is 2. The Morgan fingerprint density at radius 3 is 2.62 bits per heavy atom. The van der Waals surface area contributed by atoms with Gasteiger partial charge in [0.2, 0.25) is 5.91 Å². The summed E-state index contributed by atoms with van der Waals surface area (Å²) in [6.45, 7) is 0. The van der Waals surface area contributed by atoms with Gasteiger partial charge < -0.3 is 15.1 Å². The van der Waals surface area contributed by atoms with Crippen molar-refractivity contribution in [2.75, 3.05) is 11.9 Å². The standard InChI is InChI=1S/C11H11NO4/c1-12-7-5-3-2-4-6(7)9(13)8(10(12)14)11(15)16/h2-5,8-9,13H,1H3,(H,15,16). The first-order valence-electron chi connectivity index (χ1n) is 4.81. The first kappa shape index (κ1) is 10.6. The van der Waals surface area contributed by atoms with Crippen LogP contribution in [0.3, 0.4) is 0 Å². The number of fused-ring (bicyclic) bond motifs is 1. The van der Waals surface area contributed by atoms with E-state index in [1.165, 1.54) is 11.9 Å². The first-order valence-corrected chi connectivity index (χ1v) is 4.81. The largest absolute Gasteiger partial charge is 0.481 e. The minimum atomic E-state index is -1.42. The smallest absolute Gasteiger partial charge is 0.319 e. The maximum Gasteiger partial charge on any atom is 0.319 e. The van der Waals surface area contributed by atoms with Crippen molar-refractivity contribution in [2.24, 2.45) is 5.92 Å². The van der Waals surface area contributed by atoms with Crippen LogP contribution in [-0.4, -0.2) is 29.1 Å². The lowest BCUT2D eigenvalue weighted by molar-refractivity contribution is -0.151. The molecule has 1 aliphatic heterocycles. The number of rotatable bonds is 1. The van der Waals surface area contributed by atoms with Crippen LogP contribution in [0.2, 0.25) is 0 Å². The molecule has 0 spiro atoms. The molecule has 1 heterocycles. The number of hydrogen-bond donors (Lipinski definition) is 2. The maximum atomic E-state index is 11.7. The fourth-order valence-corrected chi connectivity index (χ4v) is 1.93. The predicted octanol–water partition coefficient (Wildman–Crippen LogP) is 0.397. The van der Waals surface area contributed by atoms with Crippen LogP contribution in [0.4, 0.5) is 5.69 Å². The minimum Gasteiger partial charge on any atom is -0.481 e. The normalized spacial score (nSPS) is 24.1. The van der Waals surface area contributed by atoms with Crippen molar-refractivity contribution in [3.8, 4) is 0 Å². The number of nitrogens with zero attached hydrogens (tertiary/aromatic N) is 1. The van der Waals surface area contributed by atoms with Crippen LogP contribution < -0.4 is 4.90 Å². The second kappa shape index (κ2) is 3.61. The van der Waals surface area contributed by atoms with E-state index in [4.69, 9.17) is 5.11 Å². The number of carbonyl (C=O) groups excluding carboxylic acids is 1. The molecule has 2 rings (SSSR count). The van der Waals surface area contributed by atoms with Crippen LogP contribution in [-0.2, 0) is 9.59 Å². The molecular formula is C11H11NO4. The van der Waals surface area contributed by atoms with Gasteiger partial charge in [-0.3, -0.25) is 9.59 Å². The third kappa shape index (κ3) is 1.37. The Morgan fingerprint density at radius 1 is 1.38 bits per heavy atom. The summed E-state index contributed by atoms with van der Waals surface area (Å²) in [5.41, 5.74) is 1.02. The van der Waals surface area contributed by atoms with Crippen molar-refractivity contribution >= 4 is 17.6 Å². The van der Waals surface area contributed by atoms with E-state index >= 15 is 0 Å². The molecule has 0 fully saturated rings. The van der Waals surface area contributed by atoms with Gasteiger partial charge in [0.15, 0.2) is 5.92 Å². The van der Waals surface area contributed by atoms with Gasteiger partial charge in [0.25, 0.3) is 0 Å². The Bertz CT molecular complexity index is 457. The molecule has 1 aromatic carbocycles. The van der Waals surface area contributed by atoms with Crippen molar-refractivity contribution in [1.82, 2.24) is 0 Å². The Labute approximate surface area is 91.9 Å². The maximum absolute atomic E-state index is 11.7. The zero-order valence-electron chi connectivity index (χ0n) is 8.62. The summed E-state index contributed by atoms with van der Waals surface area (Å²) in [6, 6.07) is 6.73. The van der Waals surface area contributed by atoms with E-state index in [1.807, 2.05) is 0 Å². The highest BCUT2D eigenvalue weighted by Crippen LogP contribution is 2.36. The van der Waals surface area contributed by atoms with Gasteiger partial charge in [-0.15, -0.1) is 0 Å². The van der Waals surface area contributed by atoms with Gasteiger partial charge in [-0.1, -0.05) is 18.2 Å². The summed E-state index contributed by atoms with van der Waals surface area (Å²) in [5, 5.41) is 18.8. The molecule has 2 unspecified atom stereocenters. The first-order chi connectivity index (χ1) is 7.54. The predicted molar refractivity (Wildman–Crippen MR) is 55.9 cm³/mol. The van der Waals surface area contributed by atoms with Crippen molar-refractivity contribution in [3.63, 3.8) is 0 Å². The number of amides is 1. The van der Waals surface area contributed by atoms with Crippen molar-refractivity contribution in [1.29, 1.82) is 0 Å². The number of hydrogen-bond acceptors (Lipinski definition) is 3. The fraction of sp³-hybridized carbons (Fsp3) is 0.273. The zero-order valence-corrected chi connectivity index (χ0v) is 8.62. The topological polar surface area (TPSA) is 77.8 Å². The number of para-hydroxylation sites is 1. The van der Waals surface area contributed by atoms with Crippen LogP contribution in [0, 0.1) is 5.92 Å². The molecule has 0 saturated heterocycles. The molecule has 0 bridgehead atoms. The van der Waals surface area contributed by atoms with Crippen LogP contribution in [0.1, 0.15) is 11.7 Å². The lowest BCUT2D eigenvalue weighted by Crippen LogP contribution is -2.44. The lowest BCUT2D eigenvalue weighted by Gasteiger charge is -2.32. The summed E-state index contributed by atoms with van der Waals surface area (Å²) in [6.07, 6.45) is -1.28. The molecule has 5 nitrogen and oxygen atoms in total. The molecule has 0 radical (unpaired) electrons. The Balaban J connectivity index is 2.56. The Morgan fingerprint density at radius 2 is 2.00 bits per heavy atom. The molecule has 0 aromatic heterocycles. The Hall–Kier alpha value is -1.88. The monoisotopic (exact) mass is 221 g/mol. The van der Waals surface area contributed by atoms with Crippen LogP contribution in [0.25, 0.3) is 0 Å². The van der Waals surface area contributed by atoms with Gasteiger partial charge in [-0.05, 0) is 6.07 Å². The van der Waals surface area contributed by atoms with Gasteiger partial charge in [0, 0.05) is 18.3 Å². The molecule has 2 atom stereocenters. The van der Waals surface area contributed by atoms with E-state index in [0.717, 1.165) is 0 Å². The van der Waals surface area contributed by atoms with Gasteiger partial charge in [0.05, 0.1) is 0 Å². The average Bonchev–Trinajstić information content (AvgIpc) is 2.26. The summed E-state index contributed by atoms with van der Waals surface area (Å²) in [5.74, 6) is -3.32. The highest BCUT2D eigenvalue weighted by Gasteiger charge is 2.42. The molecule has 5 heteroatoms. The highest BCUT2D eigenvalue weighted by atomic mass is 16.4. The van der Waals surface area contributed by atoms with E-state index in [9.17, 15) is 14.7 Å². The molecule has 1 amide bonds. The highest BCUT2D eigenvalue weighted by molar-refractivity contribution is 6.08. The van der Waals surface area contributed by atoms with E-state index in [-0.39, 0.29) is 0 Å². The number of aliphatic hydroxyl groups excluding tert-OH is 1. The summed E-state index contributed by atoms with van der Waals surface area (Å²) < 4.78 is 0. The zero-order chi connectivity index (χ0) is 11.9. The number of carboxylic acids is 1. The van der Waals surface area contributed by atoms with Gasteiger partial charge >= 0.3 is 5.97 Å². The van der Waals surface area contributed by atoms with Gasteiger partial charge in [0.1, 0.15) is 6.10 Å². The summed E-state index contributed by atoms with van der Waals surface area (Å²) in [4.78, 5) is 23.9. The Kier molecular flexibility index (Phi) is 2.40. The molecular weight excluding hydrogens is 210 g/mol. The van der Waals surface area contributed by atoms with Gasteiger partial charge in [-0.25, -0.2) is 0 Å². The quantitative estimate of drug-likeness (QED) is 0.673. The molecule has 84 valence electrons. The number of aliphatic carboxylic acids is 1. The third-order valence-corrected chi connectivity index (χ3v) is 2.80. The van der Waals surface area contributed by atoms with Crippen molar-refractivity contribution in [2.45, 2.75) is 6.10 Å². The van der Waals surface area contributed by atoms with E-state index in [2.05, 4.69) is 0 Å². The van der Waals surface area contributed by atoms with Crippen molar-refractivity contribution < 1.29 is 19.8 Å². The molecule has 2 N–H and O–H groups in total. The fourth-order valence-electron chi connectivity index (χ4n) is 1.93. The van der Waals surface area contributed by atoms with Crippen LogP contribution in [0.15, 0.2) is 24.3 Å². The number of anilines is 1. The van der Waals surface area contributed by atoms with E-state index in [0.29, 0.717) is 11.3 Å². The molecule has 1 aliphatic rings. The van der Waals surface area contributed by atoms with Gasteiger partial charge in [-0.2, -0.15) is 0 Å². The van der Waals surface area contributed by atoms with E-state index < -0.39 is 23.9 Å². The average molecular weight is 221 g/mol. The second-order valence-corrected chi connectivity index (χ2v) is 3.72. The van der Waals surface area contributed by atoms with Crippen LogP contribution in [0.5, 0.6) is 0 Å². The molecule has 16 heavy (non-hydrogen) atoms. The minimum absolute atomic E-state index is 0.469. The summed E-state index contributed by atoms with van der Waals surface area (Å²) >= 11 is 0. The lowest BCUT2D eigenvalue weighted by atomic mass is 9.89. The number of aliphatic hydroxyl groups is 1. The number of benzene rings is 1. The summed E-state index contributed by atoms with van der Waals surface area (Å²) in [7, 11) is 1.50. The van der Waals surface area contributed by atoms with Crippen LogP contribution >= 0.6 is 0 Å². The SMILES string of the molecule is CN1C(=O)C(C(=O)O)C(O)c2ccccc21. The third-order valence-electron chi connectivity index (χ3n) is 2.80. The molecule has 0 aliphatic carbocycles. The van der Waals surface area contributed by atoms with Crippen molar-refractivity contribution in [3.05, 3.63) is 29.8 Å². The second-order valence-electron chi connectivity index (χ2n) is 3.72. The molecule has 0 saturated carbocycles. The van der Waals surface area contributed by atoms with E-state index in [1.54, 1.807) is 24.3 Å². The number of carboxylic acid groups (broad SMARTS) is 1. The molecule has 1 aromatic rings.